The van der Waals surface area contributed by atoms with E-state index in [2.05, 4.69) is 22.5 Å². The van der Waals surface area contributed by atoms with Crippen LogP contribution in [0.15, 0.2) is 24.3 Å². The van der Waals surface area contributed by atoms with Gasteiger partial charge in [-0.15, -0.1) is 0 Å². The van der Waals surface area contributed by atoms with Crippen molar-refractivity contribution in [3.8, 4) is 0 Å². The zero-order valence-electron chi connectivity index (χ0n) is 8.82. The fraction of sp³-hybridized carbons (Fsp3) is 0.500. The van der Waals surface area contributed by atoms with Crippen molar-refractivity contribution < 1.29 is 0 Å². The fourth-order valence-electron chi connectivity index (χ4n) is 3.06. The Kier molecular flexibility index (Phi) is 2.06. The van der Waals surface area contributed by atoms with Gasteiger partial charge in [-0.05, 0) is 49.9 Å². The highest BCUT2D eigenvalue weighted by Crippen LogP contribution is 2.40. The Morgan fingerprint density at radius 3 is 2.00 bits per heavy atom. The summed E-state index contributed by atoms with van der Waals surface area (Å²) in [5.74, 6) is 5.36. The highest BCUT2D eigenvalue weighted by atomic mass is 15.2. The van der Waals surface area contributed by atoms with E-state index >= 15 is 0 Å². The number of hydrogen-bond acceptors (Lipinski definition) is 3. The average molecular weight is 203 g/mol. The summed E-state index contributed by atoms with van der Waals surface area (Å²) >= 11 is 0. The first kappa shape index (κ1) is 9.04. The van der Waals surface area contributed by atoms with Gasteiger partial charge in [-0.2, -0.15) is 0 Å². The molecule has 0 unspecified atom stereocenters. The maximum absolute atomic E-state index is 5.36. The molecule has 0 atom stereocenters. The van der Waals surface area contributed by atoms with Crippen LogP contribution in [0.25, 0.3) is 0 Å². The first-order valence-electron chi connectivity index (χ1n) is 5.73. The maximum atomic E-state index is 5.36. The van der Waals surface area contributed by atoms with Crippen LogP contribution >= 0.6 is 0 Å². The summed E-state index contributed by atoms with van der Waals surface area (Å²) in [4.78, 5) is 2.60. The second-order valence-corrected chi connectivity index (χ2v) is 4.56. The Labute approximate surface area is 90.2 Å². The third kappa shape index (κ3) is 1.38. The molecule has 15 heavy (non-hydrogen) atoms. The SMILES string of the molecule is NNc1ccc(N2C3CCC2CC3)cc1. The lowest BCUT2D eigenvalue weighted by Gasteiger charge is -2.24. The van der Waals surface area contributed by atoms with E-state index in [9.17, 15) is 0 Å². The number of anilines is 2. The summed E-state index contributed by atoms with van der Waals surface area (Å²) in [6.07, 6.45) is 5.51. The molecule has 80 valence electrons. The number of nitrogen functional groups attached to an aromatic ring is 1. The second-order valence-electron chi connectivity index (χ2n) is 4.56. The third-order valence-electron chi connectivity index (χ3n) is 3.79. The summed E-state index contributed by atoms with van der Waals surface area (Å²) in [5.41, 5.74) is 5.00. The summed E-state index contributed by atoms with van der Waals surface area (Å²) in [7, 11) is 0. The van der Waals surface area contributed by atoms with E-state index in [1.807, 2.05) is 12.1 Å². The third-order valence-corrected chi connectivity index (χ3v) is 3.79. The zero-order valence-corrected chi connectivity index (χ0v) is 8.82. The Morgan fingerprint density at radius 2 is 1.53 bits per heavy atom. The van der Waals surface area contributed by atoms with E-state index in [4.69, 9.17) is 5.84 Å². The van der Waals surface area contributed by atoms with Gasteiger partial charge in [-0.1, -0.05) is 0 Å². The number of hydrazine groups is 1. The molecule has 0 spiro atoms. The number of nitrogens with two attached hydrogens (primary N) is 1. The number of rotatable bonds is 2. The second kappa shape index (κ2) is 3.42. The standard InChI is InChI=1S/C12H17N3/c13-14-9-1-3-10(4-2-9)15-11-5-6-12(15)8-7-11/h1-4,11-12,14H,5-8,13H2. The van der Waals surface area contributed by atoms with E-state index < -0.39 is 0 Å². The van der Waals surface area contributed by atoms with Crippen molar-refractivity contribution in [1.82, 2.24) is 0 Å². The highest BCUT2D eigenvalue weighted by molar-refractivity contribution is 5.57. The van der Waals surface area contributed by atoms with Crippen LogP contribution in [0.5, 0.6) is 0 Å². The Bertz CT molecular complexity index is 326. The molecule has 0 radical (unpaired) electrons. The van der Waals surface area contributed by atoms with Gasteiger partial charge in [0.2, 0.25) is 0 Å². The molecular formula is C12H17N3. The molecule has 2 fully saturated rings. The van der Waals surface area contributed by atoms with E-state index in [1.54, 1.807) is 0 Å². The molecule has 2 bridgehead atoms. The monoisotopic (exact) mass is 203 g/mol. The minimum Gasteiger partial charge on any atom is -0.366 e. The number of benzene rings is 1. The summed E-state index contributed by atoms with van der Waals surface area (Å²) in [6, 6.07) is 10.0. The molecule has 3 rings (SSSR count). The average Bonchev–Trinajstić information content (AvgIpc) is 2.89. The lowest BCUT2D eigenvalue weighted by Crippen LogP contribution is -2.27. The molecule has 1 aromatic carbocycles. The highest BCUT2D eigenvalue weighted by Gasteiger charge is 2.38. The normalized spacial score (nSPS) is 28.5. The molecule has 0 aliphatic carbocycles. The number of nitrogens with one attached hydrogen (secondary N) is 1. The van der Waals surface area contributed by atoms with Crippen LogP contribution in [0.1, 0.15) is 25.7 Å². The lowest BCUT2D eigenvalue weighted by atomic mass is 10.0. The quantitative estimate of drug-likeness (QED) is 0.571. The van der Waals surface area contributed by atoms with Gasteiger partial charge < -0.3 is 10.3 Å². The van der Waals surface area contributed by atoms with Crippen LogP contribution in [0.3, 0.4) is 0 Å². The first-order chi connectivity index (χ1) is 7.38. The van der Waals surface area contributed by atoms with E-state index in [0.29, 0.717) is 0 Å². The van der Waals surface area contributed by atoms with Crippen LogP contribution in [-0.2, 0) is 0 Å². The van der Waals surface area contributed by atoms with Crippen molar-refractivity contribution in [2.24, 2.45) is 5.84 Å². The van der Waals surface area contributed by atoms with E-state index in [1.165, 1.54) is 31.4 Å². The molecule has 2 heterocycles. The lowest BCUT2D eigenvalue weighted by molar-refractivity contribution is 0.576. The van der Waals surface area contributed by atoms with Crippen molar-refractivity contribution >= 4 is 11.4 Å². The minimum atomic E-state index is 0.798. The zero-order chi connectivity index (χ0) is 10.3. The van der Waals surface area contributed by atoms with Gasteiger partial charge in [-0.25, -0.2) is 0 Å². The maximum Gasteiger partial charge on any atom is 0.0486 e. The van der Waals surface area contributed by atoms with Crippen LogP contribution in [-0.4, -0.2) is 12.1 Å². The molecular weight excluding hydrogens is 186 g/mol. The molecule has 3 heteroatoms. The van der Waals surface area contributed by atoms with Crippen LogP contribution in [0, 0.1) is 0 Å². The van der Waals surface area contributed by atoms with Crippen molar-refractivity contribution in [3.05, 3.63) is 24.3 Å². The van der Waals surface area contributed by atoms with Gasteiger partial charge in [0.25, 0.3) is 0 Å². The van der Waals surface area contributed by atoms with Gasteiger partial charge in [-0.3, -0.25) is 5.84 Å². The van der Waals surface area contributed by atoms with Crippen molar-refractivity contribution in [2.75, 3.05) is 10.3 Å². The van der Waals surface area contributed by atoms with E-state index in [-0.39, 0.29) is 0 Å². The first-order valence-corrected chi connectivity index (χ1v) is 5.73. The van der Waals surface area contributed by atoms with Gasteiger partial charge in [0.15, 0.2) is 0 Å². The Morgan fingerprint density at radius 1 is 1.00 bits per heavy atom. The van der Waals surface area contributed by atoms with Crippen molar-refractivity contribution in [2.45, 2.75) is 37.8 Å². The predicted octanol–water partition coefficient (Wildman–Crippen LogP) is 2.10. The number of nitrogens with zero attached hydrogens (tertiary/aromatic N) is 1. The summed E-state index contributed by atoms with van der Waals surface area (Å²) in [6.45, 7) is 0. The van der Waals surface area contributed by atoms with Crippen molar-refractivity contribution in [1.29, 1.82) is 0 Å². The molecule has 2 aliphatic rings. The van der Waals surface area contributed by atoms with Crippen LogP contribution in [0.2, 0.25) is 0 Å². The molecule has 0 saturated carbocycles. The minimum absolute atomic E-state index is 0.798. The van der Waals surface area contributed by atoms with Crippen LogP contribution in [0.4, 0.5) is 11.4 Å². The largest absolute Gasteiger partial charge is 0.366 e. The van der Waals surface area contributed by atoms with Crippen LogP contribution < -0.4 is 16.2 Å². The molecule has 3 N–H and O–H groups in total. The Hall–Kier alpha value is -1.22. The Balaban J connectivity index is 1.86. The molecule has 1 aromatic rings. The van der Waals surface area contributed by atoms with Gasteiger partial charge >= 0.3 is 0 Å². The van der Waals surface area contributed by atoms with Gasteiger partial charge in [0, 0.05) is 23.5 Å². The topological polar surface area (TPSA) is 41.3 Å². The summed E-state index contributed by atoms with van der Waals surface area (Å²) in [5, 5.41) is 0. The van der Waals surface area contributed by atoms with Gasteiger partial charge in [0.1, 0.15) is 0 Å². The van der Waals surface area contributed by atoms with Gasteiger partial charge in [0.05, 0.1) is 0 Å². The smallest absolute Gasteiger partial charge is 0.0486 e. The fourth-order valence-corrected chi connectivity index (χ4v) is 3.06. The molecule has 3 nitrogen and oxygen atoms in total. The number of fused-ring (bicyclic) bond motifs is 2. The molecule has 0 amide bonds. The van der Waals surface area contributed by atoms with E-state index in [0.717, 1.165) is 17.8 Å². The van der Waals surface area contributed by atoms with Crippen molar-refractivity contribution in [3.63, 3.8) is 0 Å². The summed E-state index contributed by atoms with van der Waals surface area (Å²) < 4.78 is 0. The predicted molar refractivity (Wildman–Crippen MR) is 62.8 cm³/mol. The molecule has 0 aromatic heterocycles. The molecule has 2 saturated heterocycles. The molecule has 2 aliphatic heterocycles. The number of hydrogen-bond donors (Lipinski definition) is 2.